The molecule has 0 spiro atoms. The maximum Gasteiger partial charge on any atom is 0.386 e. The van der Waals surface area contributed by atoms with Crippen LogP contribution < -0.4 is 4.89 Å². The number of aliphatic hydroxyl groups is 1. The van der Waals surface area contributed by atoms with Crippen LogP contribution in [0.25, 0.3) is 0 Å². The molecule has 0 aromatic heterocycles. The summed E-state index contributed by atoms with van der Waals surface area (Å²) in [6.45, 7) is 3.62. The highest BCUT2D eigenvalue weighted by Gasteiger charge is 2.74. The van der Waals surface area contributed by atoms with Gasteiger partial charge in [0.05, 0.1) is 17.1 Å². The van der Waals surface area contributed by atoms with E-state index < -0.39 is 51.0 Å². The van der Waals surface area contributed by atoms with Gasteiger partial charge in [-0.1, -0.05) is 66.7 Å². The highest BCUT2D eigenvalue weighted by atomic mass is 32.2. The van der Waals surface area contributed by atoms with Gasteiger partial charge < -0.3 is 5.11 Å². The Morgan fingerprint density at radius 3 is 2.51 bits per heavy atom. The second kappa shape index (κ2) is 10.7. The minimum Gasteiger partial charge on any atom is -0.390 e. The SMILES string of the molecule is C[C@]12C=CC(=O)C=C1CCC1C3CC[C@@](C(=O)SCF)(c4ccccc4C(=O)OOc4ccccc4)[C@@]3(C)C[C@H](O)C12F. The van der Waals surface area contributed by atoms with Crippen LogP contribution in [0.2, 0.25) is 0 Å². The van der Waals surface area contributed by atoms with Crippen LogP contribution in [0, 0.1) is 22.7 Å². The summed E-state index contributed by atoms with van der Waals surface area (Å²) in [5.41, 5.74) is -4.56. The minimum atomic E-state index is -2.08. The number of benzene rings is 2. The number of rotatable bonds is 6. The molecule has 4 aliphatic rings. The zero-order chi connectivity index (χ0) is 30.6. The predicted octanol–water partition coefficient (Wildman–Crippen LogP) is 6.63. The maximum atomic E-state index is 17.6. The van der Waals surface area contributed by atoms with E-state index in [4.69, 9.17) is 9.78 Å². The van der Waals surface area contributed by atoms with Gasteiger partial charge in [0.1, 0.15) is 6.01 Å². The van der Waals surface area contributed by atoms with Crippen molar-refractivity contribution in [3.8, 4) is 5.75 Å². The van der Waals surface area contributed by atoms with Crippen molar-refractivity contribution >= 4 is 28.6 Å². The number of allylic oxidation sites excluding steroid dienone is 4. The molecule has 0 bridgehead atoms. The Morgan fingerprint density at radius 2 is 1.77 bits per heavy atom. The molecule has 3 fully saturated rings. The lowest BCUT2D eigenvalue weighted by molar-refractivity contribution is -0.197. The molecular formula is C34H34F2O6S. The summed E-state index contributed by atoms with van der Waals surface area (Å²) in [4.78, 5) is 50.2. The van der Waals surface area contributed by atoms with Gasteiger partial charge in [-0.05, 0) is 86.3 Å². The summed E-state index contributed by atoms with van der Waals surface area (Å²) in [6.07, 6.45) is 4.45. The number of fused-ring (bicyclic) bond motifs is 5. The number of aliphatic hydroxyl groups excluding tert-OH is 1. The largest absolute Gasteiger partial charge is 0.390 e. The topological polar surface area (TPSA) is 89.9 Å². The van der Waals surface area contributed by atoms with Gasteiger partial charge in [0, 0.05) is 11.3 Å². The fourth-order valence-corrected chi connectivity index (χ4v) is 9.73. The summed E-state index contributed by atoms with van der Waals surface area (Å²) < 4.78 is 31.5. The number of alkyl halides is 2. The third-order valence-electron chi connectivity index (χ3n) is 10.9. The molecule has 2 aromatic carbocycles. The first-order chi connectivity index (χ1) is 20.5. The van der Waals surface area contributed by atoms with E-state index >= 15 is 4.39 Å². The Kier molecular flexibility index (Phi) is 7.40. The molecular weight excluding hydrogens is 574 g/mol. The van der Waals surface area contributed by atoms with Crippen LogP contribution in [0.5, 0.6) is 5.75 Å². The predicted molar refractivity (Wildman–Crippen MR) is 158 cm³/mol. The van der Waals surface area contributed by atoms with E-state index in [1.165, 1.54) is 12.2 Å². The Labute approximate surface area is 253 Å². The number of ketones is 1. The molecule has 3 unspecified atom stereocenters. The van der Waals surface area contributed by atoms with Gasteiger partial charge >= 0.3 is 5.97 Å². The molecule has 0 saturated heterocycles. The second-order valence-corrected chi connectivity index (χ2v) is 13.4. The van der Waals surface area contributed by atoms with E-state index in [0.717, 1.165) is 0 Å². The van der Waals surface area contributed by atoms with Gasteiger partial charge in [-0.2, -0.15) is 0 Å². The molecule has 2 aromatic rings. The van der Waals surface area contributed by atoms with Crippen molar-refractivity contribution in [2.75, 3.05) is 6.01 Å². The van der Waals surface area contributed by atoms with Crippen LogP contribution in [0.4, 0.5) is 8.78 Å². The third kappa shape index (κ3) is 4.18. The maximum absolute atomic E-state index is 17.6. The zero-order valence-electron chi connectivity index (χ0n) is 24.1. The first-order valence-corrected chi connectivity index (χ1v) is 15.6. The molecule has 3 saturated carbocycles. The Hall–Kier alpha value is -3.30. The highest BCUT2D eigenvalue weighted by Crippen LogP contribution is 2.72. The van der Waals surface area contributed by atoms with E-state index in [2.05, 4.69) is 0 Å². The molecule has 0 radical (unpaired) electrons. The fourth-order valence-electron chi connectivity index (χ4n) is 8.94. The van der Waals surface area contributed by atoms with Crippen molar-refractivity contribution in [3.05, 3.63) is 89.5 Å². The molecule has 0 amide bonds. The molecule has 1 N–H and O–H groups in total. The van der Waals surface area contributed by atoms with Crippen molar-refractivity contribution in [2.24, 2.45) is 22.7 Å². The van der Waals surface area contributed by atoms with Crippen molar-refractivity contribution in [1.29, 1.82) is 0 Å². The molecule has 4 aliphatic carbocycles. The molecule has 43 heavy (non-hydrogen) atoms. The lowest BCUT2D eigenvalue weighted by Crippen LogP contribution is -2.68. The van der Waals surface area contributed by atoms with Crippen LogP contribution >= 0.6 is 11.8 Å². The lowest BCUT2D eigenvalue weighted by Gasteiger charge is -2.63. The molecule has 0 aliphatic heterocycles. The van der Waals surface area contributed by atoms with Crippen LogP contribution in [-0.2, 0) is 19.9 Å². The molecule has 0 heterocycles. The molecule has 9 heteroatoms. The van der Waals surface area contributed by atoms with Crippen LogP contribution in [0.1, 0.15) is 61.9 Å². The average Bonchev–Trinajstić information content (AvgIpc) is 3.30. The first kappa shape index (κ1) is 29.8. The standard InChI is InChI=1S/C34H34F2O6S/c1-31-16-14-22(37)18-21(31)12-13-27-26-15-17-33(30(40)43-20-35,32(26,2)19-28(38)34(27,31)36)25-11-7-6-10-24(25)29(39)42-41-23-8-4-3-5-9-23/h3-11,14,16,18,26-28,38H,12-13,15,17,19-20H2,1-2H3/t26?,27?,28-,31-,32-,33-,34?/m0/s1. The van der Waals surface area contributed by atoms with Crippen LogP contribution in [0.15, 0.2) is 78.4 Å². The van der Waals surface area contributed by atoms with Crippen molar-refractivity contribution in [3.63, 3.8) is 0 Å². The van der Waals surface area contributed by atoms with Gasteiger partial charge in [0.2, 0.25) is 5.12 Å². The van der Waals surface area contributed by atoms with E-state index in [-0.39, 0.29) is 30.1 Å². The number of hydrogen-bond donors (Lipinski definition) is 1. The van der Waals surface area contributed by atoms with Gasteiger partial charge in [-0.25, -0.2) is 18.5 Å². The summed E-state index contributed by atoms with van der Waals surface area (Å²) in [5, 5.41) is 11.3. The summed E-state index contributed by atoms with van der Waals surface area (Å²) >= 11 is 0.532. The van der Waals surface area contributed by atoms with Crippen LogP contribution in [-0.4, -0.2) is 39.8 Å². The average molecular weight is 609 g/mol. The summed E-state index contributed by atoms with van der Waals surface area (Å²) in [7, 11) is 0. The Morgan fingerprint density at radius 1 is 1.05 bits per heavy atom. The number of thioether (sulfide) groups is 1. The molecule has 7 atom stereocenters. The van der Waals surface area contributed by atoms with E-state index in [1.54, 1.807) is 67.6 Å². The van der Waals surface area contributed by atoms with Crippen molar-refractivity contribution in [1.82, 2.24) is 0 Å². The molecule has 6 rings (SSSR count). The number of para-hydroxylation sites is 1. The van der Waals surface area contributed by atoms with Crippen molar-refractivity contribution in [2.45, 2.75) is 63.1 Å². The minimum absolute atomic E-state index is 0.0855. The first-order valence-electron chi connectivity index (χ1n) is 14.6. The smallest absolute Gasteiger partial charge is 0.386 e. The summed E-state index contributed by atoms with van der Waals surface area (Å²) in [6, 6.07) is 14.1. The summed E-state index contributed by atoms with van der Waals surface area (Å²) in [5.74, 6) is -1.70. The van der Waals surface area contributed by atoms with Crippen molar-refractivity contribution < 1.29 is 38.0 Å². The van der Waals surface area contributed by atoms with E-state index in [1.807, 2.05) is 6.92 Å². The lowest BCUT2D eigenvalue weighted by atomic mass is 9.43. The quantitative estimate of drug-likeness (QED) is 0.291. The molecule has 226 valence electrons. The number of hydrogen-bond acceptors (Lipinski definition) is 7. The van der Waals surface area contributed by atoms with Gasteiger partial charge in [0.25, 0.3) is 0 Å². The molecule has 6 nitrogen and oxygen atoms in total. The fraction of sp³-hybridized carbons (Fsp3) is 0.441. The van der Waals surface area contributed by atoms with Gasteiger partial charge in [-0.15, -0.1) is 0 Å². The van der Waals surface area contributed by atoms with Gasteiger partial charge in [0.15, 0.2) is 17.2 Å². The number of halogens is 2. The van der Waals surface area contributed by atoms with E-state index in [0.29, 0.717) is 47.9 Å². The Bertz CT molecular complexity index is 1530. The monoisotopic (exact) mass is 608 g/mol. The Balaban J connectivity index is 1.43. The second-order valence-electron chi connectivity index (χ2n) is 12.6. The third-order valence-corrected chi connectivity index (χ3v) is 11.7. The van der Waals surface area contributed by atoms with E-state index in [9.17, 15) is 23.9 Å². The van der Waals surface area contributed by atoms with Gasteiger partial charge in [-0.3, -0.25) is 14.5 Å². The number of carbonyl (C=O) groups excluding carboxylic acids is 3. The number of carbonyl (C=O) groups is 3. The van der Waals surface area contributed by atoms with Crippen LogP contribution in [0.3, 0.4) is 0 Å². The highest BCUT2D eigenvalue weighted by molar-refractivity contribution is 8.13. The normalized spacial score (nSPS) is 36.2. The zero-order valence-corrected chi connectivity index (χ0v) is 24.9.